The van der Waals surface area contributed by atoms with Crippen LogP contribution in [0.1, 0.15) is 37.7 Å². The summed E-state index contributed by atoms with van der Waals surface area (Å²) in [6, 6.07) is 3.56. The lowest BCUT2D eigenvalue weighted by Crippen LogP contribution is -2.02. The van der Waals surface area contributed by atoms with Crippen molar-refractivity contribution in [1.82, 2.24) is 0 Å². The summed E-state index contributed by atoms with van der Waals surface area (Å²) in [5.41, 5.74) is 0.642. The Kier molecular flexibility index (Phi) is 4.69. The number of halogens is 2. The van der Waals surface area contributed by atoms with Crippen LogP contribution in [0.5, 0.6) is 0 Å². The van der Waals surface area contributed by atoms with Crippen molar-refractivity contribution in [2.24, 2.45) is 0 Å². The summed E-state index contributed by atoms with van der Waals surface area (Å²) >= 11 is 0. The van der Waals surface area contributed by atoms with Gasteiger partial charge >= 0.3 is 0 Å². The van der Waals surface area contributed by atoms with Crippen molar-refractivity contribution in [3.05, 3.63) is 35.4 Å². The number of benzene rings is 1. The molecule has 0 amide bonds. The second-order valence-corrected chi connectivity index (χ2v) is 3.70. The summed E-state index contributed by atoms with van der Waals surface area (Å²) in [6.07, 6.45) is 2.32. The van der Waals surface area contributed by atoms with E-state index in [1.807, 2.05) is 6.92 Å². The Hall–Kier alpha value is -0.960. The zero-order valence-corrected chi connectivity index (χ0v) is 8.84. The molecule has 0 heterocycles. The molecule has 3 heteroatoms. The van der Waals surface area contributed by atoms with Crippen LogP contribution in [0.2, 0.25) is 0 Å². The van der Waals surface area contributed by atoms with E-state index in [1.165, 1.54) is 12.1 Å². The molecule has 1 atom stereocenters. The second-order valence-electron chi connectivity index (χ2n) is 3.70. The van der Waals surface area contributed by atoms with Crippen LogP contribution < -0.4 is 0 Å². The van der Waals surface area contributed by atoms with E-state index in [0.29, 0.717) is 12.0 Å². The third-order valence-corrected chi connectivity index (χ3v) is 2.47. The first-order valence-electron chi connectivity index (χ1n) is 5.24. The van der Waals surface area contributed by atoms with E-state index in [4.69, 9.17) is 5.11 Å². The molecule has 0 saturated heterocycles. The first-order valence-corrected chi connectivity index (χ1v) is 5.24. The summed E-state index contributed by atoms with van der Waals surface area (Å²) in [5, 5.41) is 8.88. The summed E-state index contributed by atoms with van der Waals surface area (Å²) in [7, 11) is 0. The van der Waals surface area contributed by atoms with Crippen LogP contribution in [0, 0.1) is 11.6 Å². The molecule has 1 N–H and O–H groups in total. The molecule has 1 rings (SSSR count). The van der Waals surface area contributed by atoms with Gasteiger partial charge in [0.15, 0.2) is 0 Å². The quantitative estimate of drug-likeness (QED) is 0.797. The van der Waals surface area contributed by atoms with Gasteiger partial charge < -0.3 is 5.11 Å². The van der Waals surface area contributed by atoms with E-state index in [0.717, 1.165) is 18.9 Å². The maximum Gasteiger partial charge on any atom is 0.126 e. The van der Waals surface area contributed by atoms with Crippen LogP contribution in [0.15, 0.2) is 18.2 Å². The van der Waals surface area contributed by atoms with E-state index >= 15 is 0 Å². The lowest BCUT2D eigenvalue weighted by Gasteiger charge is -2.15. The molecule has 84 valence electrons. The average molecular weight is 214 g/mol. The predicted octanol–water partition coefficient (Wildman–Crippen LogP) is 3.23. The Balaban J connectivity index is 2.88. The molecule has 15 heavy (non-hydrogen) atoms. The maximum atomic E-state index is 13.0. The normalized spacial score (nSPS) is 12.8. The molecule has 0 aliphatic carbocycles. The lowest BCUT2D eigenvalue weighted by atomic mass is 9.91. The maximum absolute atomic E-state index is 13.0. The number of aliphatic hydroxyl groups excluding tert-OH is 1. The van der Waals surface area contributed by atoms with Gasteiger partial charge in [0, 0.05) is 12.7 Å². The molecule has 1 unspecified atom stereocenters. The van der Waals surface area contributed by atoms with E-state index in [-0.39, 0.29) is 12.5 Å². The first-order chi connectivity index (χ1) is 7.17. The molecular weight excluding hydrogens is 198 g/mol. The molecule has 1 aromatic carbocycles. The minimum Gasteiger partial charge on any atom is -0.396 e. The Bertz CT molecular complexity index is 286. The lowest BCUT2D eigenvalue weighted by molar-refractivity contribution is 0.272. The summed E-state index contributed by atoms with van der Waals surface area (Å²) in [6.45, 7) is 2.06. The first kappa shape index (κ1) is 12.1. The molecule has 0 aliphatic heterocycles. The van der Waals surface area contributed by atoms with Gasteiger partial charge in [0.2, 0.25) is 0 Å². The molecule has 0 radical (unpaired) electrons. The van der Waals surface area contributed by atoms with Crippen LogP contribution in [0.3, 0.4) is 0 Å². The van der Waals surface area contributed by atoms with Gasteiger partial charge in [-0.3, -0.25) is 0 Å². The average Bonchev–Trinajstić information content (AvgIpc) is 2.16. The third kappa shape index (κ3) is 3.59. The molecule has 0 fully saturated rings. The largest absolute Gasteiger partial charge is 0.396 e. The number of hydrogen-bond donors (Lipinski definition) is 1. The van der Waals surface area contributed by atoms with E-state index in [9.17, 15) is 8.78 Å². The van der Waals surface area contributed by atoms with Crippen molar-refractivity contribution in [1.29, 1.82) is 0 Å². The van der Waals surface area contributed by atoms with Crippen molar-refractivity contribution >= 4 is 0 Å². The van der Waals surface area contributed by atoms with Crippen LogP contribution in [-0.4, -0.2) is 11.7 Å². The number of rotatable bonds is 5. The zero-order chi connectivity index (χ0) is 11.3. The van der Waals surface area contributed by atoms with Gasteiger partial charge in [-0.15, -0.1) is 0 Å². The molecule has 0 saturated carbocycles. The van der Waals surface area contributed by atoms with Crippen molar-refractivity contribution in [2.45, 2.75) is 32.1 Å². The monoisotopic (exact) mass is 214 g/mol. The van der Waals surface area contributed by atoms with Gasteiger partial charge in [-0.1, -0.05) is 13.3 Å². The smallest absolute Gasteiger partial charge is 0.126 e. The minimum atomic E-state index is -0.552. The molecule has 0 aliphatic rings. The number of aliphatic hydroxyl groups is 1. The van der Waals surface area contributed by atoms with Crippen molar-refractivity contribution in [3.63, 3.8) is 0 Å². The Morgan fingerprint density at radius 3 is 2.20 bits per heavy atom. The summed E-state index contributed by atoms with van der Waals surface area (Å²) in [4.78, 5) is 0. The highest BCUT2D eigenvalue weighted by Gasteiger charge is 2.12. The van der Waals surface area contributed by atoms with E-state index in [2.05, 4.69) is 0 Å². The van der Waals surface area contributed by atoms with Gasteiger partial charge in [0.25, 0.3) is 0 Å². The van der Waals surface area contributed by atoms with Crippen LogP contribution >= 0.6 is 0 Å². The molecule has 1 nitrogen and oxygen atoms in total. The third-order valence-electron chi connectivity index (χ3n) is 2.47. The highest BCUT2D eigenvalue weighted by atomic mass is 19.1. The summed E-state index contributed by atoms with van der Waals surface area (Å²) < 4.78 is 25.9. The molecular formula is C12H16F2O. The fraction of sp³-hybridized carbons (Fsp3) is 0.500. The number of hydrogen-bond acceptors (Lipinski definition) is 1. The van der Waals surface area contributed by atoms with Crippen LogP contribution in [0.4, 0.5) is 8.78 Å². The highest BCUT2D eigenvalue weighted by molar-refractivity contribution is 5.21. The SMILES string of the molecule is CCCC(CCO)c1cc(F)cc(F)c1. The predicted molar refractivity (Wildman–Crippen MR) is 55.7 cm³/mol. The molecule has 0 aromatic heterocycles. The zero-order valence-electron chi connectivity index (χ0n) is 8.84. The van der Waals surface area contributed by atoms with E-state index in [1.54, 1.807) is 0 Å². The van der Waals surface area contributed by atoms with Crippen LogP contribution in [-0.2, 0) is 0 Å². The highest BCUT2D eigenvalue weighted by Crippen LogP contribution is 2.25. The van der Waals surface area contributed by atoms with Gasteiger partial charge in [-0.2, -0.15) is 0 Å². The van der Waals surface area contributed by atoms with Crippen molar-refractivity contribution < 1.29 is 13.9 Å². The standard InChI is InChI=1S/C12H16F2O/c1-2-3-9(4-5-15)10-6-11(13)8-12(14)7-10/h6-9,15H,2-5H2,1H3. The van der Waals surface area contributed by atoms with Gasteiger partial charge in [0.1, 0.15) is 11.6 Å². The molecule has 0 spiro atoms. The minimum absolute atomic E-state index is 0.0444. The summed E-state index contributed by atoms with van der Waals surface area (Å²) in [5.74, 6) is -1.06. The molecule has 1 aromatic rings. The van der Waals surface area contributed by atoms with Gasteiger partial charge in [-0.05, 0) is 36.5 Å². The Morgan fingerprint density at radius 1 is 1.13 bits per heavy atom. The van der Waals surface area contributed by atoms with Crippen molar-refractivity contribution in [3.8, 4) is 0 Å². The van der Waals surface area contributed by atoms with Gasteiger partial charge in [0.05, 0.1) is 0 Å². The fourth-order valence-corrected chi connectivity index (χ4v) is 1.79. The fourth-order valence-electron chi connectivity index (χ4n) is 1.79. The van der Waals surface area contributed by atoms with E-state index < -0.39 is 11.6 Å². The molecule has 0 bridgehead atoms. The second kappa shape index (κ2) is 5.81. The topological polar surface area (TPSA) is 20.2 Å². The van der Waals surface area contributed by atoms with Gasteiger partial charge in [-0.25, -0.2) is 8.78 Å². The van der Waals surface area contributed by atoms with Crippen molar-refractivity contribution in [2.75, 3.05) is 6.61 Å². The Labute approximate surface area is 88.7 Å². The van der Waals surface area contributed by atoms with Crippen LogP contribution in [0.25, 0.3) is 0 Å². The Morgan fingerprint density at radius 2 is 1.73 bits per heavy atom.